The third kappa shape index (κ3) is 28.6. The largest absolute Gasteiger partial charge is 0.461 e. The SMILES string of the molecule is CNc1ccc(C(=O)CC(O)CCC(C)C2OC(=O)CC(O)CC(=O)CC(O)CC(O)CC(O)CC(O)CC3(O)CC(O)C(C(=O)NCCc4ccccn4)C(CC(O[C@@H]4O[C@H](C)[C@@H](O)[C@H](NC(=O)CCN(C)C)[C@@H]4O)/C=C/C=C/C=C/C=C/C=C/C=C/C=C/C2C)O3)cc1. The Bertz CT molecular complexity index is 2890. The van der Waals surface area contributed by atoms with Crippen molar-refractivity contribution in [1.29, 1.82) is 0 Å². The summed E-state index contributed by atoms with van der Waals surface area (Å²) in [6, 6.07) is 11.0. The van der Waals surface area contributed by atoms with Gasteiger partial charge in [0, 0.05) is 101 Å². The lowest BCUT2D eigenvalue weighted by Crippen LogP contribution is -2.64. The number of amides is 2. The molecular formula is C71H103N5O19. The third-order valence-corrected chi connectivity index (χ3v) is 16.9. The molecule has 4 heterocycles. The quantitative estimate of drug-likeness (QED) is 0.0750. The highest BCUT2D eigenvalue weighted by molar-refractivity contribution is 5.96. The first-order valence-corrected chi connectivity index (χ1v) is 32.9. The van der Waals surface area contributed by atoms with Gasteiger partial charge in [0.1, 0.15) is 24.1 Å². The van der Waals surface area contributed by atoms with Gasteiger partial charge in [0.15, 0.2) is 17.9 Å². The van der Waals surface area contributed by atoms with E-state index in [0.29, 0.717) is 30.6 Å². The lowest BCUT2D eigenvalue weighted by molar-refractivity contribution is -0.307. The molecule has 5 rings (SSSR count). The van der Waals surface area contributed by atoms with Crippen LogP contribution in [0.4, 0.5) is 5.69 Å². The molecule has 3 aliphatic heterocycles. The van der Waals surface area contributed by atoms with Gasteiger partial charge in [0.25, 0.3) is 0 Å². The number of ether oxygens (including phenoxy) is 4. The van der Waals surface area contributed by atoms with E-state index in [4.69, 9.17) is 18.9 Å². The molecule has 2 bridgehead atoms. The number of carbonyl (C=O) groups excluding carboxylic acids is 5. The van der Waals surface area contributed by atoms with Gasteiger partial charge in [-0.15, -0.1) is 0 Å². The number of benzene rings is 1. The molecule has 0 radical (unpaired) electrons. The molecular weight excluding hydrogens is 1230 g/mol. The average molecular weight is 1330 g/mol. The van der Waals surface area contributed by atoms with Gasteiger partial charge in [-0.25, -0.2) is 0 Å². The van der Waals surface area contributed by atoms with Gasteiger partial charge < -0.3 is 90.9 Å². The van der Waals surface area contributed by atoms with Crippen molar-refractivity contribution in [1.82, 2.24) is 20.5 Å². The van der Waals surface area contributed by atoms with Gasteiger partial charge in [-0.2, -0.15) is 0 Å². The van der Waals surface area contributed by atoms with Gasteiger partial charge in [0.05, 0.1) is 79.4 Å². The maximum atomic E-state index is 14.2. The molecule has 14 unspecified atom stereocenters. The molecule has 2 amide bonds. The van der Waals surface area contributed by atoms with Crippen molar-refractivity contribution < 1.29 is 94.0 Å². The van der Waals surface area contributed by atoms with Gasteiger partial charge in [0.2, 0.25) is 11.8 Å². The van der Waals surface area contributed by atoms with E-state index in [1.54, 1.807) is 161 Å². The van der Waals surface area contributed by atoms with Crippen LogP contribution in [0.3, 0.4) is 0 Å². The third-order valence-electron chi connectivity index (χ3n) is 16.9. The van der Waals surface area contributed by atoms with Crippen molar-refractivity contribution in [3.8, 4) is 0 Å². The number of ketones is 2. The summed E-state index contributed by atoms with van der Waals surface area (Å²) < 4.78 is 24.8. The summed E-state index contributed by atoms with van der Waals surface area (Å²) in [5.74, 6) is -7.16. The van der Waals surface area contributed by atoms with Crippen LogP contribution >= 0.6 is 0 Å². The minimum absolute atomic E-state index is 0.0601. The lowest BCUT2D eigenvalue weighted by Gasteiger charge is -2.46. The Balaban J connectivity index is 1.40. The van der Waals surface area contributed by atoms with E-state index in [1.165, 1.54) is 0 Å². The fraction of sp³-hybridized carbons (Fsp3) is 0.577. The first-order chi connectivity index (χ1) is 45.2. The lowest BCUT2D eigenvalue weighted by atomic mass is 9.82. The Kier molecular flexibility index (Phi) is 34.1. The smallest absolute Gasteiger partial charge is 0.308 e. The molecule has 3 aliphatic rings. The summed E-state index contributed by atoms with van der Waals surface area (Å²) in [5.41, 5.74) is 1.98. The number of aliphatic hydroxyl groups is 10. The maximum absolute atomic E-state index is 14.2. The summed E-state index contributed by atoms with van der Waals surface area (Å²) in [6.45, 7) is 5.74. The fourth-order valence-corrected chi connectivity index (χ4v) is 11.8. The van der Waals surface area contributed by atoms with Crippen LogP contribution < -0.4 is 16.0 Å². The first-order valence-electron chi connectivity index (χ1n) is 32.9. The number of esters is 1. The number of cyclic esters (lactones) is 1. The Morgan fingerprint density at radius 3 is 1.97 bits per heavy atom. The zero-order valence-electron chi connectivity index (χ0n) is 55.4. The van der Waals surface area contributed by atoms with Crippen LogP contribution in [-0.4, -0.2) is 222 Å². The van der Waals surface area contributed by atoms with Crippen LogP contribution in [0.1, 0.15) is 120 Å². The molecule has 0 aliphatic carbocycles. The summed E-state index contributed by atoms with van der Waals surface area (Å²) in [4.78, 5) is 72.9. The summed E-state index contributed by atoms with van der Waals surface area (Å²) >= 11 is 0. The molecule has 1 aromatic heterocycles. The second-order valence-corrected chi connectivity index (χ2v) is 25.5. The molecule has 95 heavy (non-hydrogen) atoms. The van der Waals surface area contributed by atoms with Crippen LogP contribution in [0, 0.1) is 17.8 Å². The normalized spacial score (nSPS) is 33.8. The second-order valence-electron chi connectivity index (χ2n) is 25.5. The van der Waals surface area contributed by atoms with E-state index >= 15 is 0 Å². The van der Waals surface area contributed by atoms with E-state index in [2.05, 4.69) is 20.9 Å². The van der Waals surface area contributed by atoms with Gasteiger partial charge in [-0.05, 0) is 95.4 Å². The number of hydrogen-bond acceptors (Lipinski definition) is 22. The number of nitrogens with one attached hydrogen (secondary N) is 3. The predicted molar refractivity (Wildman–Crippen MR) is 356 cm³/mol. The molecule has 1 aromatic carbocycles. The number of allylic oxidation sites excluding steroid dienone is 12. The molecule has 13 N–H and O–H groups in total. The Morgan fingerprint density at radius 1 is 0.737 bits per heavy atom. The second kappa shape index (κ2) is 40.9. The molecule has 0 saturated carbocycles. The number of aromatic nitrogens is 1. The summed E-state index contributed by atoms with van der Waals surface area (Å²) in [6.07, 6.45) is 3.92. The first kappa shape index (κ1) is 79.2. The number of pyridine rings is 1. The highest BCUT2D eigenvalue weighted by atomic mass is 16.7. The van der Waals surface area contributed by atoms with Crippen LogP contribution in [-0.2, 0) is 44.5 Å². The minimum atomic E-state index is -2.34. The topological polar surface area (TPSA) is 377 Å². The van der Waals surface area contributed by atoms with Crippen LogP contribution in [0.2, 0.25) is 0 Å². The Labute approximate surface area is 557 Å². The van der Waals surface area contributed by atoms with E-state index in [9.17, 15) is 75.0 Å². The molecule has 2 fully saturated rings. The van der Waals surface area contributed by atoms with Gasteiger partial charge in [-0.3, -0.25) is 29.0 Å². The Hall–Kier alpha value is -6.46. The zero-order valence-corrected chi connectivity index (χ0v) is 55.4. The average Bonchev–Trinajstić information content (AvgIpc) is 0.790. The van der Waals surface area contributed by atoms with Crippen molar-refractivity contribution in [3.05, 3.63) is 145 Å². The zero-order chi connectivity index (χ0) is 69.6. The molecule has 0 spiro atoms. The van der Waals surface area contributed by atoms with Crippen molar-refractivity contribution in [3.63, 3.8) is 0 Å². The molecule has 24 nitrogen and oxygen atoms in total. The van der Waals surface area contributed by atoms with Crippen molar-refractivity contribution >= 4 is 35.0 Å². The Morgan fingerprint density at radius 2 is 1.35 bits per heavy atom. The molecule has 2 saturated heterocycles. The van der Waals surface area contributed by atoms with Gasteiger partial charge >= 0.3 is 5.97 Å². The number of hydrogen-bond donors (Lipinski definition) is 13. The highest BCUT2D eigenvalue weighted by Crippen LogP contribution is 2.38. The number of carbonyl (C=O) groups is 5. The van der Waals surface area contributed by atoms with Crippen molar-refractivity contribution in [2.45, 2.75) is 208 Å². The standard InChI is InChI=1S/C71H103N5O19/c1-45-21-17-15-13-11-9-7-8-10-12-14-16-18-23-58(93-70-67(89)65(66(88)47(3)92-70)75-62(86)31-34-76(5)6)42-61-64(69(90)74-33-30-50-22-19-20-32-73-50)60(85)44-71(91,95-61)43-57(83)39-55(81)37-53(79)35-52(78)36-54(80)38-56(82)41-63(87)94-68(45)46(2)24-29-51(77)40-59(84)48-25-27-49(72-4)28-26-48/h7-23,25-28,32,45-47,51-53,55-58,60-61,64-68,70,72,77-79,81-83,85,88-89,91H,24,29-31,33-44H2,1-6H3,(H,74,90)(H,75,86)/b8-7+,11-9+,12-10+,15-13+,16-14+,21-17+,23-18+/t45?,46?,47-,51?,52?,53?,55?,56?,57?,58?,60?,61?,64?,65+,66-,67+,68?,70+,71?/m1/s1. The summed E-state index contributed by atoms with van der Waals surface area (Å²) in [5, 5.41) is 122. The van der Waals surface area contributed by atoms with E-state index in [0.717, 1.165) is 5.69 Å². The minimum Gasteiger partial charge on any atom is -0.461 e. The molecule has 2 aromatic rings. The van der Waals surface area contributed by atoms with Crippen molar-refractivity contribution in [2.24, 2.45) is 17.8 Å². The summed E-state index contributed by atoms with van der Waals surface area (Å²) in [7, 11) is 5.35. The number of anilines is 1. The van der Waals surface area contributed by atoms with E-state index in [1.807, 2.05) is 19.9 Å². The van der Waals surface area contributed by atoms with Crippen LogP contribution in [0.5, 0.6) is 0 Å². The molecule has 24 heteroatoms. The van der Waals surface area contributed by atoms with Crippen LogP contribution in [0.15, 0.2) is 134 Å². The number of Topliss-reactive ketones (excluding diaryl/α,β-unsaturated/α-hetero) is 2. The van der Waals surface area contributed by atoms with Crippen molar-refractivity contribution in [2.75, 3.05) is 39.5 Å². The van der Waals surface area contributed by atoms with Crippen LogP contribution in [0.25, 0.3) is 0 Å². The highest BCUT2D eigenvalue weighted by Gasteiger charge is 2.51. The number of aliphatic hydroxyl groups excluding tert-OH is 9. The maximum Gasteiger partial charge on any atom is 0.308 e. The fourth-order valence-electron chi connectivity index (χ4n) is 11.8. The van der Waals surface area contributed by atoms with Gasteiger partial charge in [-0.1, -0.05) is 105 Å². The molecule has 19 atom stereocenters. The number of fused-ring (bicyclic) bond motifs is 2. The number of nitrogens with zero attached hydrogens (tertiary/aromatic N) is 2. The van der Waals surface area contributed by atoms with E-state index < -0.39 is 178 Å². The number of rotatable bonds is 18. The monoisotopic (exact) mass is 1330 g/mol. The van der Waals surface area contributed by atoms with E-state index in [-0.39, 0.29) is 49.8 Å². The predicted octanol–water partition coefficient (Wildman–Crippen LogP) is 3.52. The molecule has 526 valence electrons.